The molecule has 3 aromatic rings. The minimum absolute atomic E-state index is 0.126. The third-order valence-corrected chi connectivity index (χ3v) is 4.39. The first-order valence-corrected chi connectivity index (χ1v) is 8.40. The first-order chi connectivity index (χ1) is 11.7. The summed E-state index contributed by atoms with van der Waals surface area (Å²) in [5.74, 6) is 0.530. The van der Waals surface area contributed by atoms with E-state index in [9.17, 15) is 4.79 Å². The molecule has 0 unspecified atom stereocenters. The largest absolute Gasteiger partial charge is 0.492 e. The highest BCUT2D eigenvalue weighted by atomic mass is 32.2. The number of aromatic amines is 1. The topological polar surface area (TPSA) is 92.8 Å². The average molecular weight is 343 g/mol. The van der Waals surface area contributed by atoms with Crippen molar-refractivity contribution < 1.29 is 9.53 Å². The van der Waals surface area contributed by atoms with Gasteiger partial charge < -0.3 is 15.0 Å². The van der Waals surface area contributed by atoms with Crippen molar-refractivity contribution in [2.24, 2.45) is 0 Å². The minimum atomic E-state index is -0.346. The van der Waals surface area contributed by atoms with Crippen molar-refractivity contribution in [2.45, 2.75) is 24.1 Å². The minimum Gasteiger partial charge on any atom is -0.492 e. The van der Waals surface area contributed by atoms with E-state index in [4.69, 9.17) is 4.74 Å². The smallest absolute Gasteiger partial charge is 0.237 e. The fourth-order valence-corrected chi connectivity index (χ4v) is 3.02. The number of benzene rings is 1. The van der Waals surface area contributed by atoms with Gasteiger partial charge in [0.05, 0.1) is 23.9 Å². The van der Waals surface area contributed by atoms with E-state index in [1.165, 1.54) is 18.1 Å². The first-order valence-electron chi connectivity index (χ1n) is 7.52. The van der Waals surface area contributed by atoms with Crippen LogP contribution in [0.25, 0.3) is 11.2 Å². The average Bonchev–Trinajstić information content (AvgIpc) is 3.06. The number of H-pyrrole nitrogens is 1. The Morgan fingerprint density at radius 3 is 3.00 bits per heavy atom. The van der Waals surface area contributed by atoms with Crippen molar-refractivity contribution in [2.75, 3.05) is 11.9 Å². The number of para-hydroxylation sites is 2. The Labute approximate surface area is 143 Å². The van der Waals surface area contributed by atoms with Crippen LogP contribution in [0.3, 0.4) is 0 Å². The maximum absolute atomic E-state index is 12.5. The van der Waals surface area contributed by atoms with Crippen LogP contribution in [0.15, 0.2) is 41.9 Å². The molecule has 8 heteroatoms. The van der Waals surface area contributed by atoms with Gasteiger partial charge in [-0.2, -0.15) is 0 Å². The molecule has 0 bridgehead atoms. The van der Waals surface area contributed by atoms with Crippen LogP contribution in [0.2, 0.25) is 0 Å². The Morgan fingerprint density at radius 1 is 1.33 bits per heavy atom. The van der Waals surface area contributed by atoms with Gasteiger partial charge in [0, 0.05) is 0 Å². The number of aromatic nitrogens is 4. The molecule has 0 aliphatic heterocycles. The maximum Gasteiger partial charge on any atom is 0.237 e. The third-order valence-electron chi connectivity index (χ3n) is 3.29. The second-order valence-electron chi connectivity index (χ2n) is 4.96. The number of carbonyl (C=O) groups excluding carboxylic acids is 1. The summed E-state index contributed by atoms with van der Waals surface area (Å²) in [6, 6.07) is 7.37. The summed E-state index contributed by atoms with van der Waals surface area (Å²) in [6.45, 7) is 4.27. The number of rotatable bonds is 6. The number of carbonyl (C=O) groups is 1. The molecule has 0 saturated carbocycles. The van der Waals surface area contributed by atoms with Crippen molar-refractivity contribution >= 4 is 34.5 Å². The number of anilines is 1. The zero-order valence-corrected chi connectivity index (χ0v) is 14.1. The van der Waals surface area contributed by atoms with Gasteiger partial charge in [-0.05, 0) is 26.0 Å². The van der Waals surface area contributed by atoms with E-state index in [0.29, 0.717) is 28.7 Å². The van der Waals surface area contributed by atoms with E-state index in [0.717, 1.165) is 5.52 Å². The van der Waals surface area contributed by atoms with Gasteiger partial charge in [-0.15, -0.1) is 0 Å². The van der Waals surface area contributed by atoms with Gasteiger partial charge in [0.2, 0.25) is 5.91 Å². The molecule has 24 heavy (non-hydrogen) atoms. The van der Waals surface area contributed by atoms with Crippen LogP contribution in [0.4, 0.5) is 5.69 Å². The molecule has 0 aliphatic carbocycles. The van der Waals surface area contributed by atoms with Crippen LogP contribution in [-0.4, -0.2) is 37.7 Å². The Morgan fingerprint density at radius 2 is 2.17 bits per heavy atom. The highest BCUT2D eigenvalue weighted by Crippen LogP contribution is 2.28. The quantitative estimate of drug-likeness (QED) is 0.528. The lowest BCUT2D eigenvalue weighted by Crippen LogP contribution is -2.23. The molecule has 2 N–H and O–H groups in total. The van der Waals surface area contributed by atoms with Crippen LogP contribution in [-0.2, 0) is 4.79 Å². The Kier molecular flexibility index (Phi) is 4.95. The molecule has 0 aliphatic rings. The summed E-state index contributed by atoms with van der Waals surface area (Å²) in [5, 5.41) is 3.25. The Bertz CT molecular complexity index is 851. The van der Waals surface area contributed by atoms with Crippen LogP contribution in [0, 0.1) is 0 Å². The second-order valence-corrected chi connectivity index (χ2v) is 6.29. The zero-order valence-electron chi connectivity index (χ0n) is 13.3. The van der Waals surface area contributed by atoms with E-state index in [-0.39, 0.29) is 11.2 Å². The Hall–Kier alpha value is -2.61. The van der Waals surface area contributed by atoms with Gasteiger partial charge in [-0.3, -0.25) is 4.79 Å². The molecule has 0 fully saturated rings. The van der Waals surface area contributed by atoms with Crippen molar-refractivity contribution in [1.82, 2.24) is 19.9 Å². The van der Waals surface area contributed by atoms with Gasteiger partial charge in [-0.1, -0.05) is 23.9 Å². The predicted molar refractivity (Wildman–Crippen MR) is 93.2 cm³/mol. The van der Waals surface area contributed by atoms with Gasteiger partial charge in [0.1, 0.15) is 22.6 Å². The maximum atomic E-state index is 12.5. The van der Waals surface area contributed by atoms with Crippen LogP contribution >= 0.6 is 11.8 Å². The van der Waals surface area contributed by atoms with E-state index in [1.54, 1.807) is 6.33 Å². The van der Waals surface area contributed by atoms with Crippen molar-refractivity contribution in [3.8, 4) is 5.75 Å². The lowest BCUT2D eigenvalue weighted by atomic mass is 10.3. The highest BCUT2D eigenvalue weighted by molar-refractivity contribution is 8.00. The number of fused-ring (bicyclic) bond motifs is 1. The van der Waals surface area contributed by atoms with Gasteiger partial charge in [0.25, 0.3) is 0 Å². The monoisotopic (exact) mass is 343 g/mol. The van der Waals surface area contributed by atoms with Crippen LogP contribution in [0.1, 0.15) is 13.8 Å². The summed E-state index contributed by atoms with van der Waals surface area (Å²) in [6.07, 6.45) is 3.01. The summed E-state index contributed by atoms with van der Waals surface area (Å²) in [5.41, 5.74) is 1.98. The predicted octanol–water partition coefficient (Wildman–Crippen LogP) is 2.87. The molecule has 1 aromatic carbocycles. The van der Waals surface area contributed by atoms with E-state index < -0.39 is 0 Å². The lowest BCUT2D eigenvalue weighted by molar-refractivity contribution is -0.115. The highest BCUT2D eigenvalue weighted by Gasteiger charge is 2.19. The van der Waals surface area contributed by atoms with Gasteiger partial charge in [0.15, 0.2) is 5.65 Å². The van der Waals surface area contributed by atoms with Crippen LogP contribution in [0.5, 0.6) is 5.75 Å². The van der Waals surface area contributed by atoms with Gasteiger partial charge in [-0.25, -0.2) is 15.0 Å². The van der Waals surface area contributed by atoms with Crippen LogP contribution < -0.4 is 10.1 Å². The van der Waals surface area contributed by atoms with Gasteiger partial charge >= 0.3 is 0 Å². The molecular weight excluding hydrogens is 326 g/mol. The van der Waals surface area contributed by atoms with Crippen molar-refractivity contribution in [3.05, 3.63) is 36.9 Å². The molecule has 2 aromatic heterocycles. The molecule has 3 rings (SSSR count). The number of amides is 1. The zero-order chi connectivity index (χ0) is 16.9. The molecule has 124 valence electrons. The third kappa shape index (κ3) is 3.48. The standard InChI is InChI=1S/C16H17N5O2S/c1-3-23-12-7-5-4-6-11(12)21-15(22)10(2)24-16-13-14(18-8-17-13)19-9-20-16/h4-10H,3H2,1-2H3,(H,21,22)(H,17,18,19,20)/t10-/m0/s1. The molecule has 0 spiro atoms. The van der Waals surface area contributed by atoms with E-state index >= 15 is 0 Å². The number of imidazole rings is 1. The first kappa shape index (κ1) is 16.3. The molecule has 0 radical (unpaired) electrons. The molecule has 7 nitrogen and oxygen atoms in total. The second kappa shape index (κ2) is 7.31. The fraction of sp³-hybridized carbons (Fsp3) is 0.250. The summed E-state index contributed by atoms with van der Waals surface area (Å²) in [7, 11) is 0. The number of thioether (sulfide) groups is 1. The summed E-state index contributed by atoms with van der Waals surface area (Å²) in [4.78, 5) is 27.9. The number of hydrogen-bond acceptors (Lipinski definition) is 6. The SMILES string of the molecule is CCOc1ccccc1NC(=O)[C@H](C)Sc1ncnc2nc[nH]c12. The lowest BCUT2D eigenvalue weighted by Gasteiger charge is -2.14. The molecule has 1 atom stereocenters. The van der Waals surface area contributed by atoms with Crippen molar-refractivity contribution in [3.63, 3.8) is 0 Å². The molecule has 0 saturated heterocycles. The number of ether oxygens (including phenoxy) is 1. The number of hydrogen-bond donors (Lipinski definition) is 2. The number of nitrogens with one attached hydrogen (secondary N) is 2. The molecule has 1 amide bonds. The number of nitrogens with zero attached hydrogens (tertiary/aromatic N) is 3. The van der Waals surface area contributed by atoms with Crippen molar-refractivity contribution in [1.29, 1.82) is 0 Å². The molecular formula is C16H17N5O2S. The normalized spacial score (nSPS) is 12.1. The summed E-state index contributed by atoms with van der Waals surface area (Å²) >= 11 is 1.35. The van der Waals surface area contributed by atoms with E-state index in [2.05, 4.69) is 25.3 Å². The fourth-order valence-electron chi connectivity index (χ4n) is 2.14. The molecule has 2 heterocycles. The Balaban J connectivity index is 1.72. The summed E-state index contributed by atoms with van der Waals surface area (Å²) < 4.78 is 5.53. The van der Waals surface area contributed by atoms with E-state index in [1.807, 2.05) is 38.1 Å².